The minimum Gasteiger partial charge on any atom is -0.444 e. The standard InChI is InChI=1S/C19H29NO3/c1-5-14-8-10-15(11-9-14)17(21)13-16-7-6-12-20(16)18(22)23-19(2,3)4/h8-11,16-17,21H,5-7,12-13H2,1-4H3. The van der Waals surface area contributed by atoms with Gasteiger partial charge in [-0.3, -0.25) is 0 Å². The number of carbonyl (C=O) groups is 1. The van der Waals surface area contributed by atoms with Crippen LogP contribution in [0.1, 0.15) is 64.2 Å². The number of carbonyl (C=O) groups excluding carboxylic acids is 1. The number of aryl methyl sites for hydroxylation is 1. The van der Waals surface area contributed by atoms with Crippen LogP contribution in [0.2, 0.25) is 0 Å². The number of hydrogen-bond acceptors (Lipinski definition) is 3. The van der Waals surface area contributed by atoms with Crippen LogP contribution in [0.15, 0.2) is 24.3 Å². The molecule has 128 valence electrons. The summed E-state index contributed by atoms with van der Waals surface area (Å²) in [5.41, 5.74) is 1.69. The molecule has 2 rings (SSSR count). The van der Waals surface area contributed by atoms with E-state index in [2.05, 4.69) is 19.1 Å². The van der Waals surface area contributed by atoms with Gasteiger partial charge in [0.25, 0.3) is 0 Å². The summed E-state index contributed by atoms with van der Waals surface area (Å²) in [5.74, 6) is 0. The summed E-state index contributed by atoms with van der Waals surface area (Å²) in [7, 11) is 0. The van der Waals surface area contributed by atoms with E-state index in [1.54, 1.807) is 4.90 Å². The first-order chi connectivity index (χ1) is 10.8. The number of amides is 1. The SMILES string of the molecule is CCc1ccc(C(O)CC2CCCN2C(=O)OC(C)(C)C)cc1. The molecule has 1 saturated heterocycles. The molecule has 1 fully saturated rings. The van der Waals surface area contributed by atoms with Gasteiger partial charge in [0.15, 0.2) is 0 Å². The summed E-state index contributed by atoms with van der Waals surface area (Å²) in [6, 6.07) is 8.12. The van der Waals surface area contributed by atoms with Crippen LogP contribution < -0.4 is 0 Å². The number of rotatable bonds is 4. The molecule has 4 nitrogen and oxygen atoms in total. The van der Waals surface area contributed by atoms with E-state index in [1.165, 1.54) is 5.56 Å². The quantitative estimate of drug-likeness (QED) is 0.910. The van der Waals surface area contributed by atoms with Crippen molar-refractivity contribution in [2.24, 2.45) is 0 Å². The van der Waals surface area contributed by atoms with Gasteiger partial charge < -0.3 is 14.7 Å². The Balaban J connectivity index is 1.98. The first kappa shape index (κ1) is 17.8. The lowest BCUT2D eigenvalue weighted by molar-refractivity contribution is 0.0178. The summed E-state index contributed by atoms with van der Waals surface area (Å²) in [6.07, 6.45) is 2.62. The summed E-state index contributed by atoms with van der Waals surface area (Å²) >= 11 is 0. The van der Waals surface area contributed by atoms with E-state index in [0.29, 0.717) is 13.0 Å². The molecule has 0 spiro atoms. The van der Waals surface area contributed by atoms with Gasteiger partial charge in [0.1, 0.15) is 5.60 Å². The van der Waals surface area contributed by atoms with E-state index in [4.69, 9.17) is 4.74 Å². The van der Waals surface area contributed by atoms with E-state index >= 15 is 0 Å². The van der Waals surface area contributed by atoms with Gasteiger partial charge in [-0.1, -0.05) is 31.2 Å². The maximum absolute atomic E-state index is 12.3. The van der Waals surface area contributed by atoms with Gasteiger partial charge in [0.05, 0.1) is 6.10 Å². The van der Waals surface area contributed by atoms with Gasteiger partial charge in [-0.2, -0.15) is 0 Å². The average molecular weight is 319 g/mol. The van der Waals surface area contributed by atoms with Crippen molar-refractivity contribution in [3.05, 3.63) is 35.4 Å². The monoisotopic (exact) mass is 319 g/mol. The molecule has 1 aliphatic rings. The Bertz CT molecular complexity index is 518. The Hall–Kier alpha value is -1.55. The predicted molar refractivity (Wildman–Crippen MR) is 91.4 cm³/mol. The molecular weight excluding hydrogens is 290 g/mol. The molecule has 23 heavy (non-hydrogen) atoms. The molecule has 0 aromatic heterocycles. The number of benzene rings is 1. The van der Waals surface area contributed by atoms with Crippen molar-refractivity contribution in [1.29, 1.82) is 0 Å². The molecule has 1 aromatic rings. The Labute approximate surface area is 139 Å². The van der Waals surface area contributed by atoms with Crippen molar-refractivity contribution in [3.63, 3.8) is 0 Å². The smallest absolute Gasteiger partial charge is 0.410 e. The Morgan fingerprint density at radius 2 is 2.00 bits per heavy atom. The van der Waals surface area contributed by atoms with Crippen molar-refractivity contribution in [3.8, 4) is 0 Å². The van der Waals surface area contributed by atoms with Crippen LogP contribution in [0.5, 0.6) is 0 Å². The van der Waals surface area contributed by atoms with Gasteiger partial charge in [-0.25, -0.2) is 4.79 Å². The Morgan fingerprint density at radius 3 is 2.57 bits per heavy atom. The summed E-state index contributed by atoms with van der Waals surface area (Å²) in [6.45, 7) is 8.45. The lowest BCUT2D eigenvalue weighted by Crippen LogP contribution is -2.40. The summed E-state index contributed by atoms with van der Waals surface area (Å²) in [4.78, 5) is 14.1. The van der Waals surface area contributed by atoms with Crippen LogP contribution in [0.25, 0.3) is 0 Å². The second-order valence-corrected chi connectivity index (χ2v) is 7.32. The Morgan fingerprint density at radius 1 is 1.35 bits per heavy atom. The van der Waals surface area contributed by atoms with Crippen molar-refractivity contribution >= 4 is 6.09 Å². The van der Waals surface area contributed by atoms with Gasteiger partial charge >= 0.3 is 6.09 Å². The average Bonchev–Trinajstić information content (AvgIpc) is 2.94. The molecule has 0 radical (unpaired) electrons. The first-order valence-electron chi connectivity index (χ1n) is 8.56. The normalized spacial score (nSPS) is 19.7. The van der Waals surface area contributed by atoms with E-state index in [0.717, 1.165) is 24.8 Å². The Kier molecular flexibility index (Phi) is 5.69. The van der Waals surface area contributed by atoms with Gasteiger partial charge in [0, 0.05) is 12.6 Å². The first-order valence-corrected chi connectivity index (χ1v) is 8.56. The van der Waals surface area contributed by atoms with Crippen molar-refractivity contribution < 1.29 is 14.6 Å². The number of aliphatic hydroxyl groups is 1. The third-order valence-corrected chi connectivity index (χ3v) is 4.27. The minimum absolute atomic E-state index is 0.0469. The maximum Gasteiger partial charge on any atom is 0.410 e. The molecule has 1 aliphatic heterocycles. The second kappa shape index (κ2) is 7.35. The highest BCUT2D eigenvalue weighted by Crippen LogP contribution is 2.29. The molecule has 1 amide bonds. The van der Waals surface area contributed by atoms with Gasteiger partial charge in [-0.15, -0.1) is 0 Å². The third kappa shape index (κ3) is 4.96. The van der Waals surface area contributed by atoms with Crippen LogP contribution in [0.4, 0.5) is 4.79 Å². The number of hydrogen-bond donors (Lipinski definition) is 1. The molecule has 0 bridgehead atoms. The fourth-order valence-corrected chi connectivity index (χ4v) is 3.01. The van der Waals surface area contributed by atoms with Crippen molar-refractivity contribution in [2.75, 3.05) is 6.54 Å². The number of aliphatic hydroxyl groups excluding tert-OH is 1. The molecule has 1 heterocycles. The zero-order valence-corrected chi connectivity index (χ0v) is 14.7. The minimum atomic E-state index is -0.547. The second-order valence-electron chi connectivity index (χ2n) is 7.32. The summed E-state index contributed by atoms with van der Waals surface area (Å²) < 4.78 is 5.47. The van der Waals surface area contributed by atoms with E-state index in [9.17, 15) is 9.90 Å². The van der Waals surface area contributed by atoms with Crippen LogP contribution >= 0.6 is 0 Å². The molecule has 1 aromatic carbocycles. The molecule has 0 aliphatic carbocycles. The molecule has 1 N–H and O–H groups in total. The van der Waals surface area contributed by atoms with E-state index in [-0.39, 0.29) is 12.1 Å². The van der Waals surface area contributed by atoms with Crippen LogP contribution in [-0.2, 0) is 11.2 Å². The topological polar surface area (TPSA) is 49.8 Å². The number of likely N-dealkylation sites (tertiary alicyclic amines) is 1. The highest BCUT2D eigenvalue weighted by atomic mass is 16.6. The van der Waals surface area contributed by atoms with Crippen LogP contribution in [0, 0.1) is 0 Å². The number of nitrogens with zero attached hydrogens (tertiary/aromatic N) is 1. The summed E-state index contributed by atoms with van der Waals surface area (Å²) in [5, 5.41) is 10.5. The molecule has 0 saturated carbocycles. The maximum atomic E-state index is 12.3. The van der Waals surface area contributed by atoms with Crippen molar-refractivity contribution in [1.82, 2.24) is 4.90 Å². The number of ether oxygens (including phenoxy) is 1. The largest absolute Gasteiger partial charge is 0.444 e. The zero-order valence-electron chi connectivity index (χ0n) is 14.7. The molecular formula is C19H29NO3. The van der Waals surface area contributed by atoms with E-state index < -0.39 is 11.7 Å². The van der Waals surface area contributed by atoms with Crippen molar-refractivity contribution in [2.45, 2.75) is 71.1 Å². The van der Waals surface area contributed by atoms with Crippen LogP contribution in [0.3, 0.4) is 0 Å². The zero-order chi connectivity index (χ0) is 17.0. The highest BCUT2D eigenvalue weighted by Gasteiger charge is 2.33. The van der Waals surface area contributed by atoms with E-state index in [1.807, 2.05) is 32.9 Å². The fraction of sp³-hybridized carbons (Fsp3) is 0.632. The molecule has 2 unspecified atom stereocenters. The lowest BCUT2D eigenvalue weighted by atomic mass is 9.99. The van der Waals surface area contributed by atoms with Crippen LogP contribution in [-0.4, -0.2) is 34.3 Å². The van der Waals surface area contributed by atoms with Gasteiger partial charge in [0.2, 0.25) is 0 Å². The molecule has 2 atom stereocenters. The fourth-order valence-electron chi connectivity index (χ4n) is 3.01. The highest BCUT2D eigenvalue weighted by molar-refractivity contribution is 5.68. The molecule has 4 heteroatoms. The predicted octanol–water partition coefficient (Wildman–Crippen LogP) is 4.07. The lowest BCUT2D eigenvalue weighted by Gasteiger charge is -2.29. The van der Waals surface area contributed by atoms with Gasteiger partial charge in [-0.05, 0) is 57.6 Å². The third-order valence-electron chi connectivity index (χ3n) is 4.27.